The summed E-state index contributed by atoms with van der Waals surface area (Å²) in [6.45, 7) is 0.632. The Morgan fingerprint density at radius 3 is 2.60 bits per heavy atom. The first kappa shape index (κ1) is 15.2. The van der Waals surface area contributed by atoms with E-state index in [1.807, 2.05) is 36.0 Å². The van der Waals surface area contributed by atoms with E-state index in [-0.39, 0.29) is 6.61 Å². The number of hydrogen-bond donors (Lipinski definition) is 1. The summed E-state index contributed by atoms with van der Waals surface area (Å²) in [5, 5.41) is 8.56. The highest BCUT2D eigenvalue weighted by molar-refractivity contribution is 7.99. The number of aliphatic carboxylic acids is 1. The molecule has 1 saturated heterocycles. The fourth-order valence-electron chi connectivity index (χ4n) is 2.38. The Bertz CT molecular complexity index is 429. The van der Waals surface area contributed by atoms with Crippen LogP contribution in [0.4, 0.5) is 0 Å². The number of carbonyl (C=O) groups is 1. The normalized spacial score (nSPS) is 16.3. The average Bonchev–Trinajstić information content (AvgIpc) is 2.47. The number of benzene rings is 1. The van der Waals surface area contributed by atoms with Gasteiger partial charge in [-0.25, -0.2) is 4.79 Å². The van der Waals surface area contributed by atoms with Crippen molar-refractivity contribution in [2.75, 3.05) is 25.2 Å². The SMILES string of the molecule is CN(Cc1ccc(OCC(=O)O)cc1)C1CCSCC1. The monoisotopic (exact) mass is 295 g/mol. The molecule has 5 heteroatoms. The molecule has 0 saturated carbocycles. The van der Waals surface area contributed by atoms with Gasteiger partial charge in [0.2, 0.25) is 0 Å². The van der Waals surface area contributed by atoms with Crippen LogP contribution in [-0.2, 0) is 11.3 Å². The lowest BCUT2D eigenvalue weighted by atomic mass is 10.1. The van der Waals surface area contributed by atoms with Gasteiger partial charge in [-0.3, -0.25) is 4.90 Å². The molecule has 1 aromatic carbocycles. The lowest BCUT2D eigenvalue weighted by Gasteiger charge is -2.31. The Morgan fingerprint density at radius 1 is 1.35 bits per heavy atom. The maximum atomic E-state index is 10.4. The minimum atomic E-state index is -0.955. The largest absolute Gasteiger partial charge is 0.482 e. The first-order chi connectivity index (χ1) is 9.65. The highest BCUT2D eigenvalue weighted by Gasteiger charge is 2.18. The summed E-state index contributed by atoms with van der Waals surface area (Å²) < 4.78 is 5.13. The van der Waals surface area contributed by atoms with Gasteiger partial charge in [0.15, 0.2) is 6.61 Å². The molecule has 0 spiro atoms. The van der Waals surface area contributed by atoms with Gasteiger partial charge >= 0.3 is 5.97 Å². The van der Waals surface area contributed by atoms with E-state index in [1.165, 1.54) is 29.9 Å². The zero-order valence-corrected chi connectivity index (χ0v) is 12.6. The molecule has 4 nitrogen and oxygen atoms in total. The summed E-state index contributed by atoms with van der Waals surface area (Å²) in [7, 11) is 2.18. The van der Waals surface area contributed by atoms with Crippen LogP contribution in [0, 0.1) is 0 Å². The number of carboxylic acids is 1. The molecule has 0 amide bonds. The van der Waals surface area contributed by atoms with Crippen molar-refractivity contribution in [2.24, 2.45) is 0 Å². The molecule has 0 bridgehead atoms. The molecule has 20 heavy (non-hydrogen) atoms. The third-order valence-electron chi connectivity index (χ3n) is 3.53. The highest BCUT2D eigenvalue weighted by Crippen LogP contribution is 2.22. The van der Waals surface area contributed by atoms with E-state index in [0.29, 0.717) is 11.8 Å². The fourth-order valence-corrected chi connectivity index (χ4v) is 3.46. The minimum absolute atomic E-state index is 0.293. The number of ether oxygens (including phenoxy) is 1. The van der Waals surface area contributed by atoms with Crippen LogP contribution in [0.15, 0.2) is 24.3 Å². The van der Waals surface area contributed by atoms with E-state index in [9.17, 15) is 4.79 Å². The van der Waals surface area contributed by atoms with Gasteiger partial charge in [-0.2, -0.15) is 11.8 Å². The third-order valence-corrected chi connectivity index (χ3v) is 4.58. The first-order valence-corrected chi connectivity index (χ1v) is 8.02. The standard InChI is InChI=1S/C15H21NO3S/c1-16(13-6-8-20-9-7-13)10-12-2-4-14(5-3-12)19-11-15(17)18/h2-5,13H,6-11H2,1H3,(H,17,18). The maximum absolute atomic E-state index is 10.4. The van der Waals surface area contributed by atoms with Gasteiger partial charge in [-0.1, -0.05) is 12.1 Å². The molecule has 0 unspecified atom stereocenters. The minimum Gasteiger partial charge on any atom is -0.482 e. The van der Waals surface area contributed by atoms with Crippen molar-refractivity contribution in [3.05, 3.63) is 29.8 Å². The molecule has 1 N–H and O–H groups in total. The van der Waals surface area contributed by atoms with Crippen molar-refractivity contribution in [1.82, 2.24) is 4.90 Å². The van der Waals surface area contributed by atoms with Crippen molar-refractivity contribution < 1.29 is 14.6 Å². The number of carboxylic acid groups (broad SMARTS) is 1. The summed E-state index contributed by atoms with van der Waals surface area (Å²) in [6.07, 6.45) is 2.53. The molecule has 1 heterocycles. The summed E-state index contributed by atoms with van der Waals surface area (Å²) in [5.41, 5.74) is 1.23. The predicted molar refractivity (Wildman–Crippen MR) is 81.4 cm³/mol. The van der Waals surface area contributed by atoms with Gasteiger partial charge < -0.3 is 9.84 Å². The van der Waals surface area contributed by atoms with Crippen LogP contribution in [-0.4, -0.2) is 47.2 Å². The van der Waals surface area contributed by atoms with Crippen LogP contribution < -0.4 is 4.74 Å². The van der Waals surface area contributed by atoms with E-state index >= 15 is 0 Å². The van der Waals surface area contributed by atoms with E-state index in [1.54, 1.807) is 0 Å². The molecule has 1 fully saturated rings. The van der Waals surface area contributed by atoms with Gasteiger partial charge in [0.25, 0.3) is 0 Å². The summed E-state index contributed by atoms with van der Waals surface area (Å²) in [5.74, 6) is 2.17. The molecule has 110 valence electrons. The molecule has 1 aliphatic rings. The highest BCUT2D eigenvalue weighted by atomic mass is 32.2. The molecule has 1 aromatic rings. The molecule has 2 rings (SSSR count). The molecule has 0 radical (unpaired) electrons. The number of nitrogens with zero attached hydrogens (tertiary/aromatic N) is 1. The second-order valence-electron chi connectivity index (χ2n) is 5.09. The zero-order chi connectivity index (χ0) is 14.4. The quantitative estimate of drug-likeness (QED) is 0.873. The van der Waals surface area contributed by atoms with Crippen LogP contribution >= 0.6 is 11.8 Å². The molecule has 0 atom stereocenters. The van der Waals surface area contributed by atoms with Gasteiger partial charge in [0.1, 0.15) is 5.75 Å². The molecular formula is C15H21NO3S. The molecule has 1 aliphatic heterocycles. The number of thioether (sulfide) groups is 1. The van der Waals surface area contributed by atoms with Crippen molar-refractivity contribution in [3.63, 3.8) is 0 Å². The predicted octanol–water partition coefficient (Wildman–Crippen LogP) is 2.48. The van der Waals surface area contributed by atoms with Crippen LogP contribution in [0.1, 0.15) is 18.4 Å². The van der Waals surface area contributed by atoms with E-state index < -0.39 is 5.97 Å². The van der Waals surface area contributed by atoms with Crippen LogP contribution in [0.3, 0.4) is 0 Å². The average molecular weight is 295 g/mol. The smallest absolute Gasteiger partial charge is 0.341 e. The summed E-state index contributed by atoms with van der Waals surface area (Å²) in [6, 6.07) is 8.36. The van der Waals surface area contributed by atoms with Crippen LogP contribution in [0.2, 0.25) is 0 Å². The molecule has 0 aliphatic carbocycles. The van der Waals surface area contributed by atoms with Gasteiger partial charge in [-0.15, -0.1) is 0 Å². The van der Waals surface area contributed by atoms with Gasteiger partial charge in [0.05, 0.1) is 0 Å². The van der Waals surface area contributed by atoms with Crippen LogP contribution in [0.25, 0.3) is 0 Å². The molecular weight excluding hydrogens is 274 g/mol. The Labute approximate surface area is 124 Å². The summed E-state index contributed by atoms with van der Waals surface area (Å²) >= 11 is 2.04. The fraction of sp³-hybridized carbons (Fsp3) is 0.533. The molecule has 0 aromatic heterocycles. The number of rotatable bonds is 6. The second-order valence-corrected chi connectivity index (χ2v) is 6.31. The van der Waals surface area contributed by atoms with Crippen molar-refractivity contribution in [3.8, 4) is 5.75 Å². The first-order valence-electron chi connectivity index (χ1n) is 6.86. The van der Waals surface area contributed by atoms with Gasteiger partial charge in [-0.05, 0) is 49.1 Å². The maximum Gasteiger partial charge on any atom is 0.341 e. The van der Waals surface area contributed by atoms with Gasteiger partial charge in [0, 0.05) is 12.6 Å². The topological polar surface area (TPSA) is 49.8 Å². The van der Waals surface area contributed by atoms with E-state index in [2.05, 4.69) is 11.9 Å². The Kier molecular flexibility index (Phi) is 5.73. The lowest BCUT2D eigenvalue weighted by Crippen LogP contribution is -2.34. The van der Waals surface area contributed by atoms with E-state index in [0.717, 1.165) is 6.54 Å². The van der Waals surface area contributed by atoms with Crippen molar-refractivity contribution in [1.29, 1.82) is 0 Å². The number of hydrogen-bond acceptors (Lipinski definition) is 4. The summed E-state index contributed by atoms with van der Waals surface area (Å²) in [4.78, 5) is 12.8. The van der Waals surface area contributed by atoms with E-state index in [4.69, 9.17) is 9.84 Å². The zero-order valence-electron chi connectivity index (χ0n) is 11.7. The van der Waals surface area contributed by atoms with Crippen LogP contribution in [0.5, 0.6) is 5.75 Å². The van der Waals surface area contributed by atoms with Crippen molar-refractivity contribution >= 4 is 17.7 Å². The second kappa shape index (κ2) is 7.55. The Hall–Kier alpha value is -1.20. The lowest BCUT2D eigenvalue weighted by molar-refractivity contribution is -0.139. The Morgan fingerprint density at radius 2 is 2.00 bits per heavy atom. The Balaban J connectivity index is 1.84. The third kappa shape index (κ3) is 4.72. The van der Waals surface area contributed by atoms with Crippen molar-refractivity contribution in [2.45, 2.75) is 25.4 Å².